The number of unbranched alkanes of at least 4 members (excludes halogenated alkanes) is 11. The van der Waals surface area contributed by atoms with Crippen LogP contribution in [0.4, 0.5) is 0 Å². The molecule has 0 aromatic heterocycles. The second-order valence-electron chi connectivity index (χ2n) is 8.04. The molecule has 150 valence electrons. The van der Waals surface area contributed by atoms with Crippen molar-refractivity contribution in [2.75, 3.05) is 6.61 Å². The highest BCUT2D eigenvalue weighted by atomic mass is 17.2. The van der Waals surface area contributed by atoms with E-state index >= 15 is 0 Å². The molecule has 0 radical (unpaired) electrons. The van der Waals surface area contributed by atoms with E-state index in [0.29, 0.717) is 13.0 Å². The van der Waals surface area contributed by atoms with Crippen LogP contribution in [0.25, 0.3) is 0 Å². The van der Waals surface area contributed by atoms with Gasteiger partial charge in [-0.3, -0.25) is 14.3 Å². The van der Waals surface area contributed by atoms with Crippen LogP contribution in [0.1, 0.15) is 103 Å². The molecule has 1 unspecified atom stereocenters. The molecule has 5 nitrogen and oxygen atoms in total. The maximum atomic E-state index is 11.5. The summed E-state index contributed by atoms with van der Waals surface area (Å²) in [6.45, 7) is 2.76. The molecular weight excluding hydrogens is 332 g/mol. The van der Waals surface area contributed by atoms with Gasteiger partial charge >= 0.3 is 11.9 Å². The first kappa shape index (κ1) is 20.1. The Kier molecular flexibility index (Phi) is 7.35. The number of rotatable bonds is 17. The third kappa shape index (κ3) is 4.99. The molecule has 0 N–H and O–H groups in total. The molecule has 1 atom stereocenters. The molecule has 3 rings (SSSR count). The van der Waals surface area contributed by atoms with E-state index in [0.717, 1.165) is 32.1 Å². The summed E-state index contributed by atoms with van der Waals surface area (Å²) in [6, 6.07) is 0. The summed E-state index contributed by atoms with van der Waals surface area (Å²) in [5.74, 6) is -0.814. The van der Waals surface area contributed by atoms with Gasteiger partial charge in [0.15, 0.2) is 0 Å². The molecule has 3 saturated heterocycles. The number of carbonyl (C=O) groups excluding carboxylic acids is 1. The van der Waals surface area contributed by atoms with Crippen LogP contribution >= 0.6 is 0 Å². The van der Waals surface area contributed by atoms with Gasteiger partial charge in [0.2, 0.25) is 0 Å². The summed E-state index contributed by atoms with van der Waals surface area (Å²) in [4.78, 5) is 11.5. The first-order valence-corrected chi connectivity index (χ1v) is 11.0. The van der Waals surface area contributed by atoms with Crippen molar-refractivity contribution in [2.24, 2.45) is 0 Å². The number of esters is 1. The fourth-order valence-electron chi connectivity index (χ4n) is 3.89. The summed E-state index contributed by atoms with van der Waals surface area (Å²) in [5.41, 5.74) is 0. The topological polar surface area (TPSA) is 60.6 Å². The monoisotopic (exact) mass is 368 g/mol. The molecule has 0 aliphatic carbocycles. The normalized spacial score (nSPS) is 30.3. The molecule has 5 heteroatoms. The van der Waals surface area contributed by atoms with Gasteiger partial charge in [0.1, 0.15) is 6.10 Å². The van der Waals surface area contributed by atoms with Crippen molar-refractivity contribution in [1.82, 2.24) is 0 Å². The van der Waals surface area contributed by atoms with Gasteiger partial charge in [-0.25, -0.2) is 0 Å². The van der Waals surface area contributed by atoms with Crippen molar-refractivity contribution >= 4 is 5.97 Å². The Morgan fingerprint density at radius 2 is 1.46 bits per heavy atom. The van der Waals surface area contributed by atoms with Gasteiger partial charge in [-0.15, -0.1) is 0 Å². The van der Waals surface area contributed by atoms with Gasteiger partial charge in [0, 0.05) is 6.42 Å². The number of hydrogen-bond acceptors (Lipinski definition) is 5. The van der Waals surface area contributed by atoms with Gasteiger partial charge in [0.25, 0.3) is 5.79 Å². The maximum absolute atomic E-state index is 11.5. The first-order valence-electron chi connectivity index (χ1n) is 11.0. The van der Waals surface area contributed by atoms with Crippen molar-refractivity contribution in [1.29, 1.82) is 0 Å². The highest BCUT2D eigenvalue weighted by Gasteiger charge is 3.05. The number of carbonyl (C=O) groups is 1. The van der Waals surface area contributed by atoms with Crippen LogP contribution in [-0.4, -0.2) is 30.4 Å². The van der Waals surface area contributed by atoms with Crippen LogP contribution in [0.15, 0.2) is 0 Å². The SMILES string of the molecule is CCCCCOC(=O)CCCCCCCCCCCCC1OC23OC12O3. The second-order valence-corrected chi connectivity index (χ2v) is 8.04. The van der Waals surface area contributed by atoms with Crippen LogP contribution < -0.4 is 0 Å². The molecule has 0 bridgehead atoms. The van der Waals surface area contributed by atoms with Gasteiger partial charge in [-0.2, -0.15) is 0 Å². The lowest BCUT2D eigenvalue weighted by atomic mass is 10.0. The van der Waals surface area contributed by atoms with Crippen molar-refractivity contribution < 1.29 is 23.7 Å². The summed E-state index contributed by atoms with van der Waals surface area (Å²) in [7, 11) is 0. The summed E-state index contributed by atoms with van der Waals surface area (Å²) in [6.07, 6.45) is 17.6. The van der Waals surface area contributed by atoms with Crippen LogP contribution in [0.5, 0.6) is 0 Å². The van der Waals surface area contributed by atoms with Crippen LogP contribution in [0.3, 0.4) is 0 Å². The zero-order valence-electron chi connectivity index (χ0n) is 16.4. The van der Waals surface area contributed by atoms with E-state index in [1.165, 1.54) is 57.8 Å². The van der Waals surface area contributed by atoms with E-state index < -0.39 is 5.97 Å². The average Bonchev–Trinajstić information content (AvgIpc) is 3.33. The Bertz CT molecular complexity index is 444. The third-order valence-electron chi connectivity index (χ3n) is 5.74. The molecule has 3 aliphatic heterocycles. The highest BCUT2D eigenvalue weighted by Crippen LogP contribution is 2.79. The molecule has 26 heavy (non-hydrogen) atoms. The Labute approximate surface area is 158 Å². The molecule has 0 saturated carbocycles. The largest absolute Gasteiger partial charge is 0.466 e. The highest BCUT2D eigenvalue weighted by molar-refractivity contribution is 5.69. The molecule has 3 aliphatic rings. The van der Waals surface area contributed by atoms with E-state index in [9.17, 15) is 4.79 Å². The minimum atomic E-state index is -0.535. The first-order chi connectivity index (χ1) is 12.7. The fraction of sp³-hybridized carbons (Fsp3) is 0.952. The number of ether oxygens (including phenoxy) is 4. The molecular formula is C21H36O5. The number of epoxide rings is 2. The van der Waals surface area contributed by atoms with Crippen molar-refractivity contribution in [3.8, 4) is 0 Å². The van der Waals surface area contributed by atoms with Crippen LogP contribution in [0, 0.1) is 0 Å². The van der Waals surface area contributed by atoms with Gasteiger partial charge in [-0.05, 0) is 19.3 Å². The van der Waals surface area contributed by atoms with Crippen molar-refractivity contribution in [3.63, 3.8) is 0 Å². The van der Waals surface area contributed by atoms with E-state index in [1.807, 2.05) is 0 Å². The molecule has 3 heterocycles. The Morgan fingerprint density at radius 1 is 0.846 bits per heavy atom. The summed E-state index contributed by atoms with van der Waals surface area (Å²) in [5, 5.41) is 0. The van der Waals surface area contributed by atoms with Gasteiger partial charge in [0.05, 0.1) is 6.61 Å². The van der Waals surface area contributed by atoms with Crippen molar-refractivity contribution in [3.05, 3.63) is 0 Å². The molecule has 0 spiro atoms. The molecule has 0 aromatic carbocycles. The lowest BCUT2D eigenvalue weighted by Gasteiger charge is -2.15. The van der Waals surface area contributed by atoms with Crippen LogP contribution in [-0.2, 0) is 23.7 Å². The minimum absolute atomic E-state index is 0.0137. The Hall–Kier alpha value is -0.650. The lowest BCUT2D eigenvalue weighted by molar-refractivity contribution is -0.144. The van der Waals surface area contributed by atoms with E-state index in [-0.39, 0.29) is 17.9 Å². The van der Waals surface area contributed by atoms with Gasteiger partial charge < -0.3 is 9.47 Å². The summed E-state index contributed by atoms with van der Waals surface area (Å²) >= 11 is 0. The van der Waals surface area contributed by atoms with Crippen molar-refractivity contribution in [2.45, 2.75) is 121 Å². The third-order valence-corrected chi connectivity index (χ3v) is 5.74. The van der Waals surface area contributed by atoms with Crippen LogP contribution in [0.2, 0.25) is 0 Å². The smallest absolute Gasteiger partial charge is 0.349 e. The zero-order valence-corrected chi connectivity index (χ0v) is 16.4. The maximum Gasteiger partial charge on any atom is 0.349 e. The quantitative estimate of drug-likeness (QED) is 0.200. The molecule has 0 aromatic rings. The predicted molar refractivity (Wildman–Crippen MR) is 98.4 cm³/mol. The minimum Gasteiger partial charge on any atom is -0.466 e. The predicted octanol–water partition coefficient (Wildman–Crippen LogP) is 5.21. The lowest BCUT2D eigenvalue weighted by Crippen LogP contribution is -2.33. The molecule has 0 amide bonds. The van der Waals surface area contributed by atoms with E-state index in [1.54, 1.807) is 0 Å². The fourth-order valence-corrected chi connectivity index (χ4v) is 3.89. The summed E-state index contributed by atoms with van der Waals surface area (Å²) < 4.78 is 21.4. The Balaban J connectivity index is 0.991. The van der Waals surface area contributed by atoms with Gasteiger partial charge in [-0.1, -0.05) is 77.6 Å². The molecule has 3 fully saturated rings. The second kappa shape index (κ2) is 9.52. The number of hydrogen-bond donors (Lipinski definition) is 0. The zero-order chi connectivity index (χ0) is 18.3. The Morgan fingerprint density at radius 3 is 2.00 bits per heavy atom. The average molecular weight is 369 g/mol. The van der Waals surface area contributed by atoms with E-state index in [2.05, 4.69) is 6.92 Å². The standard InChI is InChI=1S/C21H36O5/c1-2-3-14-17-23-19(22)16-13-11-9-7-5-4-6-8-10-12-15-18-20-21(24-18,25-20)26-20/h18H,2-17H2,1H3. The van der Waals surface area contributed by atoms with E-state index in [4.69, 9.17) is 18.9 Å².